The van der Waals surface area contributed by atoms with Crippen molar-refractivity contribution < 1.29 is 4.57 Å². The largest absolute Gasteiger partial charge is 0.292 e. The van der Waals surface area contributed by atoms with Gasteiger partial charge in [0.2, 0.25) is 7.29 Å². The van der Waals surface area contributed by atoms with Gasteiger partial charge < -0.3 is 0 Å². The predicted octanol–water partition coefficient (Wildman–Crippen LogP) is 8.07. The van der Waals surface area contributed by atoms with Gasteiger partial charge in [-0.25, -0.2) is 4.98 Å². The second kappa shape index (κ2) is 8.62. The summed E-state index contributed by atoms with van der Waals surface area (Å²) >= 11 is 0. The molecule has 9 aromatic rings. The van der Waals surface area contributed by atoms with Crippen LogP contribution in [0.2, 0.25) is 0 Å². The zero-order valence-electron chi connectivity index (χ0n) is 22.4. The molecule has 0 saturated heterocycles. The second-order valence-corrected chi connectivity index (χ2v) is 13.2. The van der Waals surface area contributed by atoms with Gasteiger partial charge in [-0.3, -0.25) is 18.3 Å². The summed E-state index contributed by atoms with van der Waals surface area (Å²) in [5, 5.41) is 6.82. The van der Waals surface area contributed by atoms with E-state index in [1.807, 2.05) is 60.7 Å². The number of pyridine rings is 2. The molecule has 1 atom stereocenters. The summed E-state index contributed by atoms with van der Waals surface area (Å²) in [5.74, 6) is 0. The smallest absolute Gasteiger partial charge is 0.234 e. The topological polar surface area (TPSA) is 52.2 Å². The fourth-order valence-corrected chi connectivity index (χ4v) is 9.45. The van der Waals surface area contributed by atoms with E-state index in [2.05, 4.69) is 80.5 Å². The van der Waals surface area contributed by atoms with Crippen LogP contribution in [0.4, 0.5) is 0 Å². The molecule has 0 aliphatic rings. The first-order valence-electron chi connectivity index (χ1n) is 14.0. The third-order valence-corrected chi connectivity index (χ3v) is 11.4. The molecule has 0 amide bonds. The van der Waals surface area contributed by atoms with Gasteiger partial charge in [-0.1, -0.05) is 72.8 Å². The van der Waals surface area contributed by atoms with E-state index in [0.717, 1.165) is 70.8 Å². The van der Waals surface area contributed by atoms with Crippen LogP contribution in [0.15, 0.2) is 140 Å². The van der Waals surface area contributed by atoms with Gasteiger partial charge >= 0.3 is 0 Å². The first-order valence-corrected chi connectivity index (χ1v) is 15.6. The number of para-hydroxylation sites is 5. The summed E-state index contributed by atoms with van der Waals surface area (Å²) in [4.78, 5) is 9.37. The SMILES string of the molecule is O=P(c1ccncc1)(c1ccc2c3ccccc3n3c4ccccc4nc3c2c1)n1c2ccccc2c2ccccc21. The zero-order valence-corrected chi connectivity index (χ0v) is 23.3. The average Bonchev–Trinajstić information content (AvgIpc) is 3.62. The van der Waals surface area contributed by atoms with E-state index < -0.39 is 7.29 Å². The van der Waals surface area contributed by atoms with Crippen LogP contribution in [0.1, 0.15) is 0 Å². The zero-order chi connectivity index (χ0) is 27.8. The molecule has 0 bridgehead atoms. The van der Waals surface area contributed by atoms with Crippen molar-refractivity contribution in [3.8, 4) is 0 Å². The van der Waals surface area contributed by atoms with Crippen LogP contribution >= 0.6 is 7.29 Å². The summed E-state index contributed by atoms with van der Waals surface area (Å²) in [6.45, 7) is 0. The maximum atomic E-state index is 16.0. The highest BCUT2D eigenvalue weighted by atomic mass is 31.2. The van der Waals surface area contributed by atoms with Crippen LogP contribution in [-0.2, 0) is 4.57 Å². The summed E-state index contributed by atoms with van der Waals surface area (Å²) in [6, 6.07) is 43.1. The summed E-state index contributed by atoms with van der Waals surface area (Å²) < 4.78 is 20.3. The van der Waals surface area contributed by atoms with Gasteiger partial charge in [0, 0.05) is 44.5 Å². The minimum absolute atomic E-state index is 0.730. The standard InChI is InChI=1S/C36H23N4OP/c41-42(24-19-21-37-22-20-24,40-33-14-6-2-10-28(33)29-11-3-7-15-34(29)40)25-17-18-26-27-9-1-5-13-32(27)39-35-16-8-4-12-31(35)38-36(39)30(26)23-25/h1-23H. The normalized spacial score (nSPS) is 13.5. The molecule has 1 unspecified atom stereocenters. The minimum atomic E-state index is -3.46. The van der Waals surface area contributed by atoms with E-state index >= 15 is 4.57 Å². The molecule has 6 heteroatoms. The molecule has 0 fully saturated rings. The van der Waals surface area contributed by atoms with Gasteiger partial charge in [0.15, 0.2) is 0 Å². The molecule has 198 valence electrons. The Morgan fingerprint density at radius 1 is 0.500 bits per heavy atom. The number of hydrogen-bond acceptors (Lipinski definition) is 3. The van der Waals surface area contributed by atoms with Crippen LogP contribution in [0.25, 0.3) is 60.2 Å². The highest BCUT2D eigenvalue weighted by Crippen LogP contribution is 2.51. The fraction of sp³-hybridized carbons (Fsp3) is 0. The van der Waals surface area contributed by atoms with Crippen LogP contribution in [0, 0.1) is 0 Å². The van der Waals surface area contributed by atoms with Crippen molar-refractivity contribution in [2.24, 2.45) is 0 Å². The van der Waals surface area contributed by atoms with Crippen LogP contribution in [0.3, 0.4) is 0 Å². The molecule has 4 aromatic heterocycles. The highest BCUT2D eigenvalue weighted by Gasteiger charge is 2.33. The van der Waals surface area contributed by atoms with E-state index in [-0.39, 0.29) is 0 Å². The van der Waals surface area contributed by atoms with Crippen molar-refractivity contribution >= 4 is 78.1 Å². The van der Waals surface area contributed by atoms with Crippen LogP contribution < -0.4 is 10.6 Å². The quantitative estimate of drug-likeness (QED) is 0.163. The Labute approximate surface area is 240 Å². The van der Waals surface area contributed by atoms with Crippen molar-refractivity contribution in [1.29, 1.82) is 0 Å². The number of imidazole rings is 1. The van der Waals surface area contributed by atoms with E-state index in [4.69, 9.17) is 4.98 Å². The van der Waals surface area contributed by atoms with Gasteiger partial charge in [-0.2, -0.15) is 0 Å². The third-order valence-electron chi connectivity index (χ3n) is 8.44. The summed E-state index contributed by atoms with van der Waals surface area (Å²) in [7, 11) is -3.46. The lowest BCUT2D eigenvalue weighted by Gasteiger charge is -2.24. The summed E-state index contributed by atoms with van der Waals surface area (Å²) in [5.41, 5.74) is 5.82. The van der Waals surface area contributed by atoms with Gasteiger partial charge in [0.05, 0.1) is 27.6 Å². The molecule has 0 N–H and O–H groups in total. The third kappa shape index (κ3) is 3.06. The Hall–Kier alpha value is -5.25. The van der Waals surface area contributed by atoms with Crippen molar-refractivity contribution in [3.63, 3.8) is 0 Å². The molecule has 0 spiro atoms. The van der Waals surface area contributed by atoms with Crippen molar-refractivity contribution in [2.45, 2.75) is 0 Å². The van der Waals surface area contributed by atoms with Gasteiger partial charge in [-0.05, 0) is 60.0 Å². The molecular formula is C36H23N4OP. The predicted molar refractivity (Wildman–Crippen MR) is 174 cm³/mol. The van der Waals surface area contributed by atoms with E-state index in [9.17, 15) is 0 Å². The number of hydrogen-bond donors (Lipinski definition) is 0. The Kier molecular flexibility index (Phi) is 4.82. The van der Waals surface area contributed by atoms with Gasteiger partial charge in [0.1, 0.15) is 5.65 Å². The fourth-order valence-electron chi connectivity index (χ4n) is 6.62. The number of aromatic nitrogens is 4. The average molecular weight is 559 g/mol. The maximum Gasteiger partial charge on any atom is 0.234 e. The second-order valence-electron chi connectivity index (χ2n) is 10.6. The van der Waals surface area contributed by atoms with E-state index in [1.165, 1.54) is 0 Å². The Morgan fingerprint density at radius 2 is 1.07 bits per heavy atom. The molecular weight excluding hydrogens is 535 g/mol. The Bertz CT molecular complexity index is 2510. The molecule has 5 aromatic carbocycles. The maximum absolute atomic E-state index is 16.0. The van der Waals surface area contributed by atoms with Crippen LogP contribution in [-0.4, -0.2) is 18.7 Å². The molecule has 5 nitrogen and oxygen atoms in total. The molecule has 0 radical (unpaired) electrons. The summed E-state index contributed by atoms with van der Waals surface area (Å²) in [6.07, 6.45) is 3.45. The number of benzene rings is 5. The van der Waals surface area contributed by atoms with Crippen molar-refractivity contribution in [2.75, 3.05) is 0 Å². The lowest BCUT2D eigenvalue weighted by atomic mass is 10.1. The van der Waals surface area contributed by atoms with Gasteiger partial charge in [0.25, 0.3) is 0 Å². The minimum Gasteiger partial charge on any atom is -0.292 e. The lowest BCUT2D eigenvalue weighted by Crippen LogP contribution is -2.22. The van der Waals surface area contributed by atoms with Crippen molar-refractivity contribution in [3.05, 3.63) is 140 Å². The first-order chi connectivity index (χ1) is 20.7. The number of fused-ring (bicyclic) bond motifs is 11. The Morgan fingerprint density at radius 3 is 1.76 bits per heavy atom. The number of nitrogens with zero attached hydrogens (tertiary/aromatic N) is 4. The van der Waals surface area contributed by atoms with E-state index in [0.29, 0.717) is 0 Å². The molecule has 4 heterocycles. The first kappa shape index (κ1) is 23.5. The van der Waals surface area contributed by atoms with Crippen molar-refractivity contribution in [1.82, 2.24) is 18.7 Å². The molecule has 42 heavy (non-hydrogen) atoms. The molecule has 0 saturated carbocycles. The highest BCUT2D eigenvalue weighted by molar-refractivity contribution is 7.77. The molecule has 9 rings (SSSR count). The monoisotopic (exact) mass is 558 g/mol. The van der Waals surface area contributed by atoms with E-state index in [1.54, 1.807) is 12.4 Å². The molecule has 0 aliphatic heterocycles. The van der Waals surface area contributed by atoms with Gasteiger partial charge in [-0.15, -0.1) is 0 Å². The van der Waals surface area contributed by atoms with Crippen LogP contribution in [0.5, 0.6) is 0 Å². The lowest BCUT2D eigenvalue weighted by molar-refractivity contribution is 0.583. The number of rotatable bonds is 3. The Balaban J connectivity index is 1.46. The molecule has 0 aliphatic carbocycles.